The Labute approximate surface area is 195 Å². The van der Waals surface area contributed by atoms with Crippen LogP contribution in [-0.2, 0) is 16.4 Å². The van der Waals surface area contributed by atoms with E-state index in [4.69, 9.17) is 37.5 Å². The van der Waals surface area contributed by atoms with E-state index in [9.17, 15) is 8.42 Å². The van der Waals surface area contributed by atoms with Gasteiger partial charge in [-0.05, 0) is 29.8 Å². The van der Waals surface area contributed by atoms with E-state index in [1.54, 1.807) is 24.3 Å². The highest BCUT2D eigenvalue weighted by molar-refractivity contribution is 7.89. The third-order valence-electron chi connectivity index (χ3n) is 4.79. The quantitative estimate of drug-likeness (QED) is 0.383. The second-order valence-corrected chi connectivity index (χ2v) is 9.37. The van der Waals surface area contributed by atoms with Gasteiger partial charge in [-0.25, -0.2) is 18.5 Å². The van der Waals surface area contributed by atoms with Crippen molar-refractivity contribution < 1.29 is 17.6 Å². The molecular formula is C23H18Cl2N2O4S. The van der Waals surface area contributed by atoms with E-state index in [2.05, 4.69) is 4.98 Å². The number of hydrogen-bond donors (Lipinski definition) is 1. The van der Waals surface area contributed by atoms with E-state index >= 15 is 0 Å². The van der Waals surface area contributed by atoms with Crippen LogP contribution in [0.15, 0.2) is 76.0 Å². The van der Waals surface area contributed by atoms with Crippen LogP contribution in [0.2, 0.25) is 10.0 Å². The summed E-state index contributed by atoms with van der Waals surface area (Å²) >= 11 is 12.7. The van der Waals surface area contributed by atoms with Gasteiger partial charge in [-0.2, -0.15) is 0 Å². The summed E-state index contributed by atoms with van der Waals surface area (Å²) in [6.45, 7) is 0. The molecule has 4 aromatic rings. The maximum Gasteiger partial charge on any atom is 0.238 e. The summed E-state index contributed by atoms with van der Waals surface area (Å²) in [7, 11) is -2.33. The van der Waals surface area contributed by atoms with E-state index in [1.165, 1.54) is 19.2 Å². The zero-order chi connectivity index (χ0) is 22.9. The number of methoxy groups -OCH3 is 1. The lowest BCUT2D eigenvalue weighted by atomic mass is 10.1. The number of aromatic nitrogens is 1. The fourth-order valence-corrected chi connectivity index (χ4v) is 4.45. The molecule has 0 amide bonds. The van der Waals surface area contributed by atoms with E-state index in [-0.39, 0.29) is 4.90 Å². The Morgan fingerprint density at radius 2 is 1.59 bits per heavy atom. The van der Waals surface area contributed by atoms with Crippen LogP contribution in [0.25, 0.3) is 22.6 Å². The molecule has 9 heteroatoms. The molecule has 0 aliphatic rings. The molecule has 0 saturated carbocycles. The Morgan fingerprint density at radius 3 is 2.16 bits per heavy atom. The fraction of sp³-hybridized carbons (Fsp3) is 0.0870. The molecule has 6 nitrogen and oxygen atoms in total. The lowest BCUT2D eigenvalue weighted by Crippen LogP contribution is -2.11. The van der Waals surface area contributed by atoms with Crippen molar-refractivity contribution in [1.82, 2.24) is 4.98 Å². The largest absolute Gasteiger partial charge is 0.494 e. The summed E-state index contributed by atoms with van der Waals surface area (Å²) < 4.78 is 34.6. The minimum absolute atomic E-state index is 0.00587. The Kier molecular flexibility index (Phi) is 6.26. The molecule has 32 heavy (non-hydrogen) atoms. The molecule has 0 aliphatic heterocycles. The smallest absolute Gasteiger partial charge is 0.238 e. The number of nitrogens with two attached hydrogens (primary N) is 1. The Morgan fingerprint density at radius 1 is 0.969 bits per heavy atom. The number of benzene rings is 3. The van der Waals surface area contributed by atoms with E-state index in [0.717, 1.165) is 5.56 Å². The minimum Gasteiger partial charge on any atom is -0.494 e. The predicted molar refractivity (Wildman–Crippen MR) is 125 cm³/mol. The van der Waals surface area contributed by atoms with Crippen molar-refractivity contribution in [2.24, 2.45) is 5.14 Å². The maximum atomic E-state index is 11.6. The molecular weight excluding hydrogens is 471 g/mol. The normalized spacial score (nSPS) is 11.5. The second kappa shape index (κ2) is 8.96. The molecule has 1 aromatic heterocycles. The van der Waals surface area contributed by atoms with Gasteiger partial charge in [0.1, 0.15) is 5.69 Å². The number of ether oxygens (including phenoxy) is 1. The number of primary sulfonamides is 1. The summed E-state index contributed by atoms with van der Waals surface area (Å²) in [6.07, 6.45) is 0.473. The first kappa shape index (κ1) is 22.4. The molecule has 3 aromatic carbocycles. The minimum atomic E-state index is -3.81. The highest BCUT2D eigenvalue weighted by Gasteiger charge is 2.20. The average Bonchev–Trinajstić information content (AvgIpc) is 3.17. The topological polar surface area (TPSA) is 95.4 Å². The molecule has 0 unspecified atom stereocenters. The molecule has 2 N–H and O–H groups in total. The van der Waals surface area contributed by atoms with Crippen LogP contribution in [0.4, 0.5) is 0 Å². The second-order valence-electron chi connectivity index (χ2n) is 6.99. The number of hydrogen-bond acceptors (Lipinski definition) is 5. The van der Waals surface area contributed by atoms with Gasteiger partial charge < -0.3 is 9.15 Å². The summed E-state index contributed by atoms with van der Waals surface area (Å²) in [5.41, 5.74) is 2.81. The van der Waals surface area contributed by atoms with Gasteiger partial charge in [-0.15, -0.1) is 0 Å². The monoisotopic (exact) mass is 488 g/mol. The lowest BCUT2D eigenvalue weighted by molar-refractivity contribution is 0.415. The zero-order valence-electron chi connectivity index (χ0n) is 16.9. The highest BCUT2D eigenvalue weighted by Crippen LogP contribution is 2.40. The van der Waals surface area contributed by atoms with Gasteiger partial charge in [0.2, 0.25) is 10.0 Å². The van der Waals surface area contributed by atoms with Crippen molar-refractivity contribution in [3.63, 3.8) is 0 Å². The number of sulfonamides is 1. The molecule has 0 aliphatic carbocycles. The van der Waals surface area contributed by atoms with E-state index in [1.807, 2.05) is 30.3 Å². The standard InChI is InChI=1S/C23H18Cl2N2O4S/c1-30-23-18(24)12-16(13-19(23)25)22-21(15-7-9-17(10-8-15)32(26,28)29)27-20(31-22)11-14-5-3-2-4-6-14/h2-10,12-13H,11H2,1H3,(H2,26,28,29). The van der Waals surface area contributed by atoms with Crippen molar-refractivity contribution in [1.29, 1.82) is 0 Å². The van der Waals surface area contributed by atoms with E-state index < -0.39 is 10.0 Å². The summed E-state index contributed by atoms with van der Waals surface area (Å²) in [4.78, 5) is 4.69. The number of oxazole rings is 1. The fourth-order valence-electron chi connectivity index (χ4n) is 3.29. The van der Waals surface area contributed by atoms with Crippen LogP contribution < -0.4 is 9.88 Å². The average molecular weight is 489 g/mol. The van der Waals surface area contributed by atoms with Gasteiger partial charge in [-0.1, -0.05) is 65.7 Å². The highest BCUT2D eigenvalue weighted by atomic mass is 35.5. The first-order valence-electron chi connectivity index (χ1n) is 9.46. The van der Waals surface area contributed by atoms with Gasteiger partial charge in [-0.3, -0.25) is 0 Å². The first-order chi connectivity index (χ1) is 15.3. The van der Waals surface area contributed by atoms with Crippen molar-refractivity contribution in [3.05, 3.63) is 88.2 Å². The maximum absolute atomic E-state index is 11.6. The molecule has 1 heterocycles. The third-order valence-corrected chi connectivity index (χ3v) is 6.28. The van der Waals surface area contributed by atoms with Crippen molar-refractivity contribution >= 4 is 33.2 Å². The zero-order valence-corrected chi connectivity index (χ0v) is 19.2. The number of nitrogens with zero attached hydrogens (tertiary/aromatic N) is 1. The van der Waals surface area contributed by atoms with Crippen LogP contribution in [0, 0.1) is 0 Å². The van der Waals surface area contributed by atoms with Gasteiger partial charge in [0.25, 0.3) is 0 Å². The molecule has 4 rings (SSSR count). The van der Waals surface area contributed by atoms with Crippen LogP contribution >= 0.6 is 23.2 Å². The first-order valence-corrected chi connectivity index (χ1v) is 11.8. The van der Waals surface area contributed by atoms with Crippen molar-refractivity contribution in [3.8, 4) is 28.3 Å². The predicted octanol–water partition coefficient (Wildman–Crippen LogP) is 5.56. The number of rotatable bonds is 6. The van der Waals surface area contributed by atoms with Gasteiger partial charge in [0.15, 0.2) is 17.4 Å². The summed E-state index contributed by atoms with van der Waals surface area (Å²) in [5.74, 6) is 1.30. The summed E-state index contributed by atoms with van der Waals surface area (Å²) in [6, 6.07) is 19.2. The Hall–Kier alpha value is -2.84. The van der Waals surface area contributed by atoms with Crippen molar-refractivity contribution in [2.45, 2.75) is 11.3 Å². The lowest BCUT2D eigenvalue weighted by Gasteiger charge is -2.08. The molecule has 164 valence electrons. The Balaban J connectivity index is 1.84. The molecule has 0 spiro atoms. The van der Waals surface area contributed by atoms with Gasteiger partial charge in [0, 0.05) is 17.5 Å². The summed E-state index contributed by atoms with van der Waals surface area (Å²) in [5, 5.41) is 5.87. The third kappa shape index (κ3) is 4.66. The molecule has 0 saturated heterocycles. The van der Waals surface area contributed by atoms with Crippen LogP contribution in [0.5, 0.6) is 5.75 Å². The van der Waals surface area contributed by atoms with Crippen LogP contribution in [0.1, 0.15) is 11.5 Å². The van der Waals surface area contributed by atoms with Gasteiger partial charge in [0.05, 0.1) is 22.1 Å². The molecule has 0 bridgehead atoms. The van der Waals surface area contributed by atoms with Gasteiger partial charge >= 0.3 is 0 Å². The number of halogens is 2. The van der Waals surface area contributed by atoms with E-state index in [0.29, 0.717) is 50.7 Å². The van der Waals surface area contributed by atoms with Crippen molar-refractivity contribution in [2.75, 3.05) is 7.11 Å². The molecule has 0 atom stereocenters. The van der Waals surface area contributed by atoms with Crippen LogP contribution in [0.3, 0.4) is 0 Å². The Bertz CT molecular complexity index is 1350. The van der Waals surface area contributed by atoms with Crippen LogP contribution in [-0.4, -0.2) is 20.5 Å². The molecule has 0 fully saturated rings. The molecule has 0 radical (unpaired) electrons. The SMILES string of the molecule is COc1c(Cl)cc(-c2oc(Cc3ccccc3)nc2-c2ccc(S(N)(=O)=O)cc2)cc1Cl.